The van der Waals surface area contributed by atoms with E-state index in [0.717, 1.165) is 0 Å². The van der Waals surface area contributed by atoms with Crippen molar-refractivity contribution in [2.75, 3.05) is 7.11 Å². The molecule has 1 aromatic carbocycles. The molecule has 4 nitrogen and oxygen atoms in total. The molecule has 2 rings (SSSR count). The Kier molecular flexibility index (Phi) is 3.36. The van der Waals surface area contributed by atoms with E-state index in [2.05, 4.69) is 25.9 Å². The second-order valence-electron chi connectivity index (χ2n) is 2.94. The van der Waals surface area contributed by atoms with Gasteiger partial charge in [0, 0.05) is 0 Å². The summed E-state index contributed by atoms with van der Waals surface area (Å²) in [5.41, 5.74) is 0. The van der Waals surface area contributed by atoms with Crippen LogP contribution in [0.2, 0.25) is 0 Å². The fourth-order valence-electron chi connectivity index (χ4n) is 1.18. The van der Waals surface area contributed by atoms with Crippen molar-refractivity contribution in [3.8, 4) is 17.2 Å². The molecule has 0 radical (unpaired) electrons. The van der Waals surface area contributed by atoms with Crippen LogP contribution in [0.5, 0.6) is 17.2 Å². The normalized spacial score (nSPS) is 9.88. The summed E-state index contributed by atoms with van der Waals surface area (Å²) in [6.45, 7) is 0. The van der Waals surface area contributed by atoms with Gasteiger partial charge in [0.25, 0.3) is 0 Å². The molecule has 82 valence electrons. The molecule has 0 amide bonds. The van der Waals surface area contributed by atoms with Crippen molar-refractivity contribution in [3.05, 3.63) is 41.4 Å². The molecule has 0 atom stereocenters. The maximum atomic E-state index is 5.58. The molecular formula is C11H9BrN2O2. The lowest BCUT2D eigenvalue weighted by molar-refractivity contribution is 0.378. The van der Waals surface area contributed by atoms with Crippen molar-refractivity contribution in [1.82, 2.24) is 9.97 Å². The van der Waals surface area contributed by atoms with Gasteiger partial charge in [-0.3, -0.25) is 0 Å². The maximum Gasteiger partial charge on any atom is 0.196 e. The number of halogens is 1. The van der Waals surface area contributed by atoms with Crippen LogP contribution in [-0.4, -0.2) is 17.1 Å². The highest BCUT2D eigenvalue weighted by molar-refractivity contribution is 9.10. The van der Waals surface area contributed by atoms with Crippen LogP contribution in [0.1, 0.15) is 0 Å². The number of methoxy groups -OCH3 is 1. The number of hydrogen-bond acceptors (Lipinski definition) is 4. The zero-order chi connectivity index (χ0) is 11.4. The van der Waals surface area contributed by atoms with E-state index in [1.807, 2.05) is 24.3 Å². The van der Waals surface area contributed by atoms with Gasteiger partial charge in [-0.15, -0.1) is 0 Å². The summed E-state index contributed by atoms with van der Waals surface area (Å²) < 4.78 is 11.3. The molecule has 0 fully saturated rings. The van der Waals surface area contributed by atoms with Gasteiger partial charge in [-0.25, -0.2) is 9.97 Å². The third kappa shape index (κ3) is 2.49. The SMILES string of the molecule is COc1ccccc1Oc1cnc(Br)nc1. The smallest absolute Gasteiger partial charge is 0.196 e. The molecule has 0 N–H and O–H groups in total. The summed E-state index contributed by atoms with van der Waals surface area (Å²) in [5, 5.41) is 0. The summed E-state index contributed by atoms with van der Waals surface area (Å²) in [7, 11) is 1.60. The number of hydrogen-bond donors (Lipinski definition) is 0. The van der Waals surface area contributed by atoms with Crippen molar-refractivity contribution >= 4 is 15.9 Å². The Hall–Kier alpha value is -1.62. The lowest BCUT2D eigenvalue weighted by Crippen LogP contribution is -1.91. The Morgan fingerprint density at radius 2 is 1.69 bits per heavy atom. The molecule has 0 aliphatic carbocycles. The van der Waals surface area contributed by atoms with Gasteiger partial charge in [0.05, 0.1) is 19.5 Å². The molecular weight excluding hydrogens is 272 g/mol. The van der Waals surface area contributed by atoms with E-state index in [9.17, 15) is 0 Å². The molecule has 5 heteroatoms. The fourth-order valence-corrected chi connectivity index (χ4v) is 1.39. The molecule has 0 bridgehead atoms. The van der Waals surface area contributed by atoms with Crippen molar-refractivity contribution in [1.29, 1.82) is 0 Å². The molecule has 1 heterocycles. The largest absolute Gasteiger partial charge is 0.493 e. The molecule has 0 aliphatic heterocycles. The predicted molar refractivity (Wildman–Crippen MR) is 62.8 cm³/mol. The standard InChI is InChI=1S/C11H9BrN2O2/c1-15-9-4-2-3-5-10(9)16-8-6-13-11(12)14-7-8/h2-7H,1H3. The Balaban J connectivity index is 2.23. The van der Waals surface area contributed by atoms with Crippen LogP contribution >= 0.6 is 15.9 Å². The zero-order valence-electron chi connectivity index (χ0n) is 8.55. The minimum atomic E-state index is 0.528. The summed E-state index contributed by atoms with van der Waals surface area (Å²) in [5.74, 6) is 1.87. The van der Waals surface area contributed by atoms with Gasteiger partial charge in [0.15, 0.2) is 22.0 Å². The molecule has 0 unspecified atom stereocenters. The number of ether oxygens (including phenoxy) is 2. The minimum absolute atomic E-state index is 0.528. The molecule has 0 saturated carbocycles. The first kappa shape index (κ1) is 10.9. The predicted octanol–water partition coefficient (Wildman–Crippen LogP) is 3.04. The van der Waals surface area contributed by atoms with Gasteiger partial charge in [0.1, 0.15) is 0 Å². The van der Waals surface area contributed by atoms with Crippen LogP contribution in [0.3, 0.4) is 0 Å². The van der Waals surface area contributed by atoms with Gasteiger partial charge in [-0.2, -0.15) is 0 Å². The molecule has 1 aromatic heterocycles. The van der Waals surface area contributed by atoms with E-state index < -0.39 is 0 Å². The Bertz CT molecular complexity index is 474. The third-order valence-electron chi connectivity index (χ3n) is 1.89. The minimum Gasteiger partial charge on any atom is -0.493 e. The summed E-state index contributed by atoms with van der Waals surface area (Å²) in [4.78, 5) is 7.94. The van der Waals surface area contributed by atoms with Crippen LogP contribution in [0.4, 0.5) is 0 Å². The second kappa shape index (κ2) is 4.94. The summed E-state index contributed by atoms with van der Waals surface area (Å²) in [6, 6.07) is 7.40. The van der Waals surface area contributed by atoms with Crippen molar-refractivity contribution < 1.29 is 9.47 Å². The lowest BCUT2D eigenvalue weighted by atomic mass is 10.3. The van der Waals surface area contributed by atoms with E-state index in [1.54, 1.807) is 19.5 Å². The highest BCUT2D eigenvalue weighted by Crippen LogP contribution is 2.30. The third-order valence-corrected chi connectivity index (χ3v) is 2.30. The van der Waals surface area contributed by atoms with Gasteiger partial charge in [-0.05, 0) is 28.1 Å². The average molecular weight is 281 g/mol. The van der Waals surface area contributed by atoms with Crippen molar-refractivity contribution in [2.45, 2.75) is 0 Å². The zero-order valence-corrected chi connectivity index (χ0v) is 10.1. The average Bonchev–Trinajstić information content (AvgIpc) is 2.33. The second-order valence-corrected chi connectivity index (χ2v) is 3.65. The van der Waals surface area contributed by atoms with Crippen LogP contribution in [-0.2, 0) is 0 Å². The molecule has 2 aromatic rings. The first-order valence-electron chi connectivity index (χ1n) is 4.58. The molecule has 0 aliphatic rings. The van der Waals surface area contributed by atoms with Gasteiger partial charge >= 0.3 is 0 Å². The van der Waals surface area contributed by atoms with Crippen LogP contribution in [0.25, 0.3) is 0 Å². The highest BCUT2D eigenvalue weighted by atomic mass is 79.9. The Morgan fingerprint density at radius 3 is 2.31 bits per heavy atom. The molecule has 16 heavy (non-hydrogen) atoms. The van der Waals surface area contributed by atoms with E-state index in [-0.39, 0.29) is 0 Å². The number of para-hydroxylation sites is 2. The highest BCUT2D eigenvalue weighted by Gasteiger charge is 2.04. The van der Waals surface area contributed by atoms with Crippen LogP contribution in [0, 0.1) is 0 Å². The first-order valence-corrected chi connectivity index (χ1v) is 5.37. The topological polar surface area (TPSA) is 44.2 Å². The summed E-state index contributed by atoms with van der Waals surface area (Å²) >= 11 is 3.16. The quantitative estimate of drug-likeness (QED) is 0.811. The Labute approximate surface area is 101 Å². The van der Waals surface area contributed by atoms with Crippen molar-refractivity contribution in [2.24, 2.45) is 0 Å². The maximum absolute atomic E-state index is 5.58. The van der Waals surface area contributed by atoms with E-state index in [4.69, 9.17) is 9.47 Å². The number of nitrogens with zero attached hydrogens (tertiary/aromatic N) is 2. The van der Waals surface area contributed by atoms with Crippen LogP contribution < -0.4 is 9.47 Å². The van der Waals surface area contributed by atoms with Gasteiger partial charge in [-0.1, -0.05) is 12.1 Å². The Morgan fingerprint density at radius 1 is 1.06 bits per heavy atom. The van der Waals surface area contributed by atoms with E-state index in [1.165, 1.54) is 0 Å². The number of benzene rings is 1. The molecule has 0 saturated heterocycles. The monoisotopic (exact) mass is 280 g/mol. The van der Waals surface area contributed by atoms with E-state index in [0.29, 0.717) is 22.0 Å². The van der Waals surface area contributed by atoms with Crippen LogP contribution in [0.15, 0.2) is 41.4 Å². The molecule has 0 spiro atoms. The number of aromatic nitrogens is 2. The van der Waals surface area contributed by atoms with Crippen molar-refractivity contribution in [3.63, 3.8) is 0 Å². The number of rotatable bonds is 3. The first-order chi connectivity index (χ1) is 7.79. The lowest BCUT2D eigenvalue weighted by Gasteiger charge is -2.08. The summed E-state index contributed by atoms with van der Waals surface area (Å²) in [6.07, 6.45) is 3.17. The van der Waals surface area contributed by atoms with Gasteiger partial charge in [0.2, 0.25) is 0 Å². The van der Waals surface area contributed by atoms with Gasteiger partial charge < -0.3 is 9.47 Å². The van der Waals surface area contributed by atoms with E-state index >= 15 is 0 Å². The fraction of sp³-hybridized carbons (Fsp3) is 0.0909.